The van der Waals surface area contributed by atoms with Crippen molar-refractivity contribution in [3.05, 3.63) is 72.8 Å². The van der Waals surface area contributed by atoms with Crippen LogP contribution in [0.2, 0.25) is 0 Å². The van der Waals surface area contributed by atoms with Crippen molar-refractivity contribution in [3.63, 3.8) is 0 Å². The Hall–Kier alpha value is -2.93. The molecule has 1 heterocycles. The number of carbonyl (C=O) groups is 1. The van der Waals surface area contributed by atoms with Crippen LogP contribution in [-0.4, -0.2) is 23.8 Å². The minimum Gasteiger partial charge on any atom is -0.306 e. The molecular weight excluding hydrogens is 326 g/mol. The summed E-state index contributed by atoms with van der Waals surface area (Å²) in [6.07, 6.45) is 5.12. The topological polar surface area (TPSA) is 81.1 Å². The van der Waals surface area contributed by atoms with Crippen molar-refractivity contribution in [2.24, 2.45) is 0 Å². The largest absolute Gasteiger partial charge is 0.306 e. The van der Waals surface area contributed by atoms with E-state index >= 15 is 0 Å². The van der Waals surface area contributed by atoms with Crippen LogP contribution in [-0.2, 0) is 10.0 Å². The molecule has 0 spiro atoms. The molecule has 3 rings (SSSR count). The van der Waals surface area contributed by atoms with Crippen molar-refractivity contribution in [1.82, 2.24) is 9.55 Å². The highest BCUT2D eigenvalue weighted by atomic mass is 32.2. The summed E-state index contributed by atoms with van der Waals surface area (Å²) in [5.74, 6) is -0.184. The maximum absolute atomic E-state index is 12.5. The number of benzene rings is 2. The van der Waals surface area contributed by atoms with Gasteiger partial charge in [0.25, 0.3) is 10.0 Å². The lowest BCUT2D eigenvalue weighted by molar-refractivity contribution is 0.101. The molecule has 2 aromatic carbocycles. The van der Waals surface area contributed by atoms with E-state index in [1.54, 1.807) is 55.1 Å². The number of sulfonamides is 1. The lowest BCUT2D eigenvalue weighted by Gasteiger charge is -2.10. The molecule has 0 aliphatic carbocycles. The molecule has 0 fully saturated rings. The van der Waals surface area contributed by atoms with E-state index < -0.39 is 10.0 Å². The number of hydrogen-bond donors (Lipinski definition) is 1. The van der Waals surface area contributed by atoms with Crippen molar-refractivity contribution < 1.29 is 13.2 Å². The van der Waals surface area contributed by atoms with Gasteiger partial charge in [0.15, 0.2) is 5.78 Å². The summed E-state index contributed by atoms with van der Waals surface area (Å²) < 4.78 is 29.2. The summed E-state index contributed by atoms with van der Waals surface area (Å²) in [5.41, 5.74) is 1.66. The molecule has 0 amide bonds. The second kappa shape index (κ2) is 6.29. The molecule has 24 heavy (non-hydrogen) atoms. The van der Waals surface area contributed by atoms with Gasteiger partial charge < -0.3 is 4.57 Å². The standard InChI is InChI=1S/C17H15N3O3S/c1-13(21)14-3-2-4-17(11-14)24(22,23)19-15-5-7-16(8-6-15)20-10-9-18-12-20/h2-12,19H,1H3. The number of carbonyl (C=O) groups excluding carboxylic acids is 1. The maximum Gasteiger partial charge on any atom is 0.261 e. The first kappa shape index (κ1) is 15.9. The van der Waals surface area contributed by atoms with Crippen molar-refractivity contribution in [2.45, 2.75) is 11.8 Å². The Bertz CT molecular complexity index is 963. The third-order valence-corrected chi connectivity index (χ3v) is 4.85. The zero-order valence-electron chi connectivity index (χ0n) is 12.9. The Labute approximate surface area is 139 Å². The van der Waals surface area contributed by atoms with Crippen molar-refractivity contribution in [3.8, 4) is 5.69 Å². The Morgan fingerprint density at radius 2 is 1.88 bits per heavy atom. The minimum atomic E-state index is -3.76. The molecule has 1 N–H and O–H groups in total. The summed E-state index contributed by atoms with van der Waals surface area (Å²) in [5, 5.41) is 0. The van der Waals surface area contributed by atoms with Crippen LogP contribution in [0, 0.1) is 0 Å². The van der Waals surface area contributed by atoms with E-state index in [0.29, 0.717) is 11.3 Å². The van der Waals surface area contributed by atoms with Gasteiger partial charge in [0, 0.05) is 29.3 Å². The predicted molar refractivity (Wildman–Crippen MR) is 90.8 cm³/mol. The van der Waals surface area contributed by atoms with Gasteiger partial charge in [-0.1, -0.05) is 12.1 Å². The van der Waals surface area contributed by atoms with E-state index in [9.17, 15) is 13.2 Å². The first-order chi connectivity index (χ1) is 11.5. The molecule has 0 unspecified atom stereocenters. The summed E-state index contributed by atoms with van der Waals surface area (Å²) in [6, 6.07) is 12.9. The van der Waals surface area contributed by atoms with Crippen LogP contribution in [0.4, 0.5) is 5.69 Å². The lowest BCUT2D eigenvalue weighted by Crippen LogP contribution is -2.13. The Balaban J connectivity index is 1.84. The van der Waals surface area contributed by atoms with E-state index in [2.05, 4.69) is 9.71 Å². The van der Waals surface area contributed by atoms with Crippen LogP contribution in [0.5, 0.6) is 0 Å². The fourth-order valence-electron chi connectivity index (χ4n) is 2.21. The van der Waals surface area contributed by atoms with E-state index in [1.165, 1.54) is 19.1 Å². The van der Waals surface area contributed by atoms with Crippen LogP contribution >= 0.6 is 0 Å². The fraction of sp³-hybridized carbons (Fsp3) is 0.0588. The average molecular weight is 341 g/mol. The van der Waals surface area contributed by atoms with Crippen LogP contribution < -0.4 is 4.72 Å². The average Bonchev–Trinajstić information content (AvgIpc) is 3.10. The number of Topliss-reactive ketones (excluding diaryl/α,β-unsaturated/α-hetero) is 1. The smallest absolute Gasteiger partial charge is 0.261 e. The number of nitrogens with zero attached hydrogens (tertiary/aromatic N) is 2. The van der Waals surface area contributed by atoms with Crippen molar-refractivity contribution >= 4 is 21.5 Å². The number of ketones is 1. The highest BCUT2D eigenvalue weighted by Crippen LogP contribution is 2.19. The highest BCUT2D eigenvalue weighted by molar-refractivity contribution is 7.92. The van der Waals surface area contributed by atoms with E-state index in [4.69, 9.17) is 0 Å². The van der Waals surface area contributed by atoms with Crippen molar-refractivity contribution in [1.29, 1.82) is 0 Å². The van der Waals surface area contributed by atoms with E-state index in [-0.39, 0.29) is 10.7 Å². The molecule has 122 valence electrons. The molecule has 0 radical (unpaired) electrons. The van der Waals surface area contributed by atoms with Gasteiger partial charge in [0.2, 0.25) is 0 Å². The second-order valence-corrected chi connectivity index (χ2v) is 6.89. The fourth-order valence-corrected chi connectivity index (χ4v) is 3.31. The van der Waals surface area contributed by atoms with E-state index in [0.717, 1.165) is 5.69 Å². The molecule has 0 saturated heterocycles. The molecule has 0 saturated carbocycles. The quantitative estimate of drug-likeness (QED) is 0.724. The molecule has 0 aliphatic rings. The van der Waals surface area contributed by atoms with Crippen molar-refractivity contribution in [2.75, 3.05) is 4.72 Å². The molecule has 1 aromatic heterocycles. The molecule has 0 bridgehead atoms. The zero-order valence-corrected chi connectivity index (χ0v) is 13.7. The number of hydrogen-bond acceptors (Lipinski definition) is 4. The van der Waals surface area contributed by atoms with Gasteiger partial charge in [-0.05, 0) is 43.3 Å². The van der Waals surface area contributed by atoms with E-state index in [1.807, 2.05) is 4.57 Å². The predicted octanol–water partition coefficient (Wildman–Crippen LogP) is 2.88. The van der Waals surface area contributed by atoms with Gasteiger partial charge in [-0.3, -0.25) is 9.52 Å². The summed E-state index contributed by atoms with van der Waals surface area (Å²) in [4.78, 5) is 15.4. The van der Waals surface area contributed by atoms with Crippen LogP contribution in [0.25, 0.3) is 5.69 Å². The number of aromatic nitrogens is 2. The van der Waals surface area contributed by atoms with Crippen LogP contribution in [0.3, 0.4) is 0 Å². The lowest BCUT2D eigenvalue weighted by atomic mass is 10.2. The normalized spacial score (nSPS) is 11.2. The third kappa shape index (κ3) is 3.36. The molecule has 6 nitrogen and oxygen atoms in total. The first-order valence-corrected chi connectivity index (χ1v) is 8.66. The minimum absolute atomic E-state index is 0.0499. The molecular formula is C17H15N3O3S. The second-order valence-electron chi connectivity index (χ2n) is 5.21. The van der Waals surface area contributed by atoms with Gasteiger partial charge in [-0.15, -0.1) is 0 Å². The summed E-state index contributed by atoms with van der Waals surface area (Å²) >= 11 is 0. The number of anilines is 1. The first-order valence-electron chi connectivity index (χ1n) is 7.18. The Morgan fingerprint density at radius 3 is 2.50 bits per heavy atom. The van der Waals surface area contributed by atoms with Gasteiger partial charge in [0.05, 0.1) is 11.2 Å². The Morgan fingerprint density at radius 1 is 1.12 bits per heavy atom. The summed E-state index contributed by atoms with van der Waals surface area (Å²) in [6.45, 7) is 1.40. The maximum atomic E-state index is 12.5. The monoisotopic (exact) mass is 341 g/mol. The van der Waals surface area contributed by atoms with Gasteiger partial charge in [0.1, 0.15) is 0 Å². The summed E-state index contributed by atoms with van der Waals surface area (Å²) in [7, 11) is -3.76. The molecule has 0 aliphatic heterocycles. The number of imidazole rings is 1. The van der Waals surface area contributed by atoms with Gasteiger partial charge >= 0.3 is 0 Å². The van der Waals surface area contributed by atoms with Crippen LogP contribution in [0.1, 0.15) is 17.3 Å². The highest BCUT2D eigenvalue weighted by Gasteiger charge is 2.15. The SMILES string of the molecule is CC(=O)c1cccc(S(=O)(=O)Nc2ccc(-n3ccnc3)cc2)c1. The molecule has 3 aromatic rings. The Kier molecular flexibility index (Phi) is 4.18. The zero-order chi connectivity index (χ0) is 17.2. The third-order valence-electron chi connectivity index (χ3n) is 3.47. The van der Waals surface area contributed by atoms with Gasteiger partial charge in [-0.2, -0.15) is 0 Å². The van der Waals surface area contributed by atoms with Gasteiger partial charge in [-0.25, -0.2) is 13.4 Å². The molecule has 0 atom stereocenters. The number of nitrogens with one attached hydrogen (secondary N) is 1. The molecule has 7 heteroatoms. The van der Waals surface area contributed by atoms with Crippen LogP contribution in [0.15, 0.2) is 72.1 Å². The number of rotatable bonds is 5.